The van der Waals surface area contributed by atoms with Crippen LogP contribution in [0, 0.1) is 5.82 Å². The SMILES string of the molecule is CN(Cc1ccccc1F)C(=O)c1cccc(NC(=O)C2Cc3ccccc3O2)c1. The highest BCUT2D eigenvalue weighted by Gasteiger charge is 2.28. The second kappa shape index (κ2) is 8.37. The van der Waals surface area contributed by atoms with E-state index in [1.807, 2.05) is 24.3 Å². The number of halogens is 1. The van der Waals surface area contributed by atoms with Gasteiger partial charge in [-0.15, -0.1) is 0 Å². The van der Waals surface area contributed by atoms with Crippen molar-refractivity contribution < 1.29 is 18.7 Å². The lowest BCUT2D eigenvalue weighted by atomic mass is 10.1. The van der Waals surface area contributed by atoms with Gasteiger partial charge in [0.2, 0.25) is 0 Å². The zero-order valence-corrected chi connectivity index (χ0v) is 16.5. The summed E-state index contributed by atoms with van der Waals surface area (Å²) in [6.45, 7) is 0.149. The summed E-state index contributed by atoms with van der Waals surface area (Å²) in [5.41, 5.74) is 2.35. The first kappa shape index (κ1) is 19.6. The molecule has 1 aliphatic rings. The highest BCUT2D eigenvalue weighted by molar-refractivity contribution is 5.98. The van der Waals surface area contributed by atoms with Gasteiger partial charge in [0.25, 0.3) is 11.8 Å². The van der Waals surface area contributed by atoms with Gasteiger partial charge < -0.3 is 15.0 Å². The summed E-state index contributed by atoms with van der Waals surface area (Å²) in [5.74, 6) is -0.165. The molecule has 3 aromatic carbocycles. The summed E-state index contributed by atoms with van der Waals surface area (Å²) < 4.78 is 19.6. The van der Waals surface area contributed by atoms with Crippen LogP contribution >= 0.6 is 0 Å². The van der Waals surface area contributed by atoms with Crippen LogP contribution in [-0.4, -0.2) is 29.9 Å². The van der Waals surface area contributed by atoms with E-state index >= 15 is 0 Å². The number of amides is 2. The molecule has 0 spiro atoms. The molecule has 0 saturated carbocycles. The minimum atomic E-state index is -0.606. The van der Waals surface area contributed by atoms with E-state index in [0.29, 0.717) is 23.2 Å². The number of rotatable bonds is 5. The molecule has 6 heteroatoms. The van der Waals surface area contributed by atoms with Gasteiger partial charge in [-0.1, -0.05) is 42.5 Å². The smallest absolute Gasteiger partial charge is 0.265 e. The number of carbonyl (C=O) groups is 2. The monoisotopic (exact) mass is 404 g/mol. The molecule has 0 aromatic heterocycles. The summed E-state index contributed by atoms with van der Waals surface area (Å²) in [7, 11) is 1.61. The fourth-order valence-corrected chi connectivity index (χ4v) is 3.46. The van der Waals surface area contributed by atoms with E-state index in [1.165, 1.54) is 11.0 Å². The second-order valence-corrected chi connectivity index (χ2v) is 7.24. The molecule has 0 aliphatic carbocycles. The third-order valence-electron chi connectivity index (χ3n) is 5.03. The average Bonchev–Trinajstić information content (AvgIpc) is 3.19. The number of benzene rings is 3. The molecule has 1 heterocycles. The van der Waals surface area contributed by atoms with Crippen LogP contribution in [0.2, 0.25) is 0 Å². The largest absolute Gasteiger partial charge is 0.480 e. The van der Waals surface area contributed by atoms with E-state index in [9.17, 15) is 14.0 Å². The maximum Gasteiger partial charge on any atom is 0.265 e. The first-order valence-electron chi connectivity index (χ1n) is 9.65. The van der Waals surface area contributed by atoms with Crippen molar-refractivity contribution in [1.29, 1.82) is 0 Å². The highest BCUT2D eigenvalue weighted by Crippen LogP contribution is 2.28. The molecule has 1 N–H and O–H groups in total. The van der Waals surface area contributed by atoms with Crippen molar-refractivity contribution in [3.63, 3.8) is 0 Å². The number of carbonyl (C=O) groups excluding carboxylic acids is 2. The van der Waals surface area contributed by atoms with Crippen LogP contribution < -0.4 is 10.1 Å². The van der Waals surface area contributed by atoms with Crippen molar-refractivity contribution in [3.05, 3.63) is 95.3 Å². The number of ether oxygens (including phenoxy) is 1. The third kappa shape index (κ3) is 4.17. The van der Waals surface area contributed by atoms with E-state index in [4.69, 9.17) is 4.74 Å². The fraction of sp³-hybridized carbons (Fsp3) is 0.167. The Bertz CT molecular complexity index is 1070. The summed E-state index contributed by atoms with van der Waals surface area (Å²) in [6, 6.07) is 20.6. The lowest BCUT2D eigenvalue weighted by Gasteiger charge is -2.18. The molecule has 0 saturated heterocycles. The van der Waals surface area contributed by atoms with Crippen LogP contribution in [-0.2, 0) is 17.8 Å². The summed E-state index contributed by atoms with van der Waals surface area (Å²) in [6.07, 6.45) is -0.100. The first-order chi connectivity index (χ1) is 14.5. The van der Waals surface area contributed by atoms with E-state index in [-0.39, 0.29) is 24.2 Å². The van der Waals surface area contributed by atoms with Gasteiger partial charge in [0.15, 0.2) is 6.10 Å². The van der Waals surface area contributed by atoms with E-state index in [0.717, 1.165) is 11.3 Å². The standard InChI is InChI=1S/C24H21FN2O3/c1-27(15-18-8-2-4-11-20(18)25)24(29)17-9-6-10-19(13-17)26-23(28)22-14-16-7-3-5-12-21(16)30-22/h2-13,22H,14-15H2,1H3,(H,26,28). The zero-order chi connectivity index (χ0) is 21.1. The van der Waals surface area contributed by atoms with Gasteiger partial charge in [-0.2, -0.15) is 0 Å². The van der Waals surface area contributed by atoms with Crippen LogP contribution in [0.1, 0.15) is 21.5 Å². The number of hydrogen-bond acceptors (Lipinski definition) is 3. The number of fused-ring (bicyclic) bond motifs is 1. The zero-order valence-electron chi connectivity index (χ0n) is 16.5. The molecular weight excluding hydrogens is 383 g/mol. The minimum absolute atomic E-state index is 0.149. The van der Waals surface area contributed by atoms with Gasteiger partial charge in [0, 0.05) is 36.8 Å². The number of nitrogens with zero attached hydrogens (tertiary/aromatic N) is 1. The van der Waals surface area contributed by atoms with Crippen molar-refractivity contribution in [2.45, 2.75) is 19.1 Å². The van der Waals surface area contributed by atoms with Crippen molar-refractivity contribution in [2.75, 3.05) is 12.4 Å². The maximum atomic E-state index is 13.9. The van der Waals surface area contributed by atoms with Gasteiger partial charge in [0.05, 0.1) is 0 Å². The van der Waals surface area contributed by atoms with Crippen molar-refractivity contribution in [3.8, 4) is 5.75 Å². The van der Waals surface area contributed by atoms with Crippen molar-refractivity contribution in [2.24, 2.45) is 0 Å². The Kier molecular flexibility index (Phi) is 5.48. The third-order valence-corrected chi connectivity index (χ3v) is 5.03. The van der Waals surface area contributed by atoms with Crippen molar-refractivity contribution >= 4 is 17.5 Å². The Labute approximate surface area is 174 Å². The molecule has 152 valence electrons. The quantitative estimate of drug-likeness (QED) is 0.698. The molecule has 3 aromatic rings. The fourth-order valence-electron chi connectivity index (χ4n) is 3.46. The number of para-hydroxylation sites is 1. The van der Waals surface area contributed by atoms with Crippen LogP contribution in [0.25, 0.3) is 0 Å². The normalized spacial score (nSPS) is 14.5. The molecule has 0 bridgehead atoms. The van der Waals surface area contributed by atoms with Gasteiger partial charge in [-0.25, -0.2) is 4.39 Å². The molecule has 1 atom stereocenters. The Hall–Kier alpha value is -3.67. The van der Waals surface area contributed by atoms with Crippen LogP contribution in [0.3, 0.4) is 0 Å². The average molecular weight is 404 g/mol. The molecule has 0 fully saturated rings. The molecule has 5 nitrogen and oxygen atoms in total. The lowest BCUT2D eigenvalue weighted by Crippen LogP contribution is -2.31. The number of anilines is 1. The Morgan fingerprint density at radius 3 is 2.63 bits per heavy atom. The Morgan fingerprint density at radius 1 is 1.07 bits per heavy atom. The van der Waals surface area contributed by atoms with Gasteiger partial charge in [0.1, 0.15) is 11.6 Å². The summed E-state index contributed by atoms with van der Waals surface area (Å²) >= 11 is 0. The maximum absolute atomic E-state index is 13.9. The topological polar surface area (TPSA) is 58.6 Å². The predicted molar refractivity (Wildman–Crippen MR) is 112 cm³/mol. The number of nitrogens with one attached hydrogen (secondary N) is 1. The first-order valence-corrected chi connectivity index (χ1v) is 9.65. The summed E-state index contributed by atoms with van der Waals surface area (Å²) in [5, 5.41) is 2.82. The minimum Gasteiger partial charge on any atom is -0.480 e. The highest BCUT2D eigenvalue weighted by atomic mass is 19.1. The van der Waals surface area contributed by atoms with Gasteiger partial charge >= 0.3 is 0 Å². The predicted octanol–water partition coefficient (Wildman–Crippen LogP) is 4.04. The van der Waals surface area contributed by atoms with Crippen LogP contribution in [0.15, 0.2) is 72.8 Å². The Balaban J connectivity index is 1.42. The molecule has 1 unspecified atom stereocenters. The van der Waals surface area contributed by atoms with E-state index < -0.39 is 6.10 Å². The lowest BCUT2D eigenvalue weighted by molar-refractivity contribution is -0.122. The van der Waals surface area contributed by atoms with Crippen molar-refractivity contribution in [1.82, 2.24) is 4.90 Å². The Morgan fingerprint density at radius 2 is 1.83 bits per heavy atom. The number of hydrogen-bond donors (Lipinski definition) is 1. The molecule has 30 heavy (non-hydrogen) atoms. The van der Waals surface area contributed by atoms with Crippen LogP contribution in [0.5, 0.6) is 5.75 Å². The molecular formula is C24H21FN2O3. The second-order valence-electron chi connectivity index (χ2n) is 7.24. The van der Waals surface area contributed by atoms with Gasteiger partial charge in [-0.05, 0) is 35.9 Å². The summed E-state index contributed by atoms with van der Waals surface area (Å²) in [4.78, 5) is 26.8. The molecule has 2 amide bonds. The molecule has 4 rings (SSSR count). The van der Waals surface area contributed by atoms with E-state index in [1.54, 1.807) is 49.5 Å². The molecule has 0 radical (unpaired) electrons. The van der Waals surface area contributed by atoms with E-state index in [2.05, 4.69) is 5.32 Å². The van der Waals surface area contributed by atoms with Crippen LogP contribution in [0.4, 0.5) is 10.1 Å². The molecule has 1 aliphatic heterocycles. The van der Waals surface area contributed by atoms with Gasteiger partial charge in [-0.3, -0.25) is 9.59 Å².